The van der Waals surface area contributed by atoms with Crippen molar-refractivity contribution >= 4 is 53.9 Å². The van der Waals surface area contributed by atoms with E-state index in [1.807, 2.05) is 0 Å². The predicted octanol–water partition coefficient (Wildman–Crippen LogP) is 7.76. The molecular weight excluding hydrogens is 324 g/mol. The Morgan fingerprint density at radius 2 is 0.889 bits per heavy atom. The number of hydrogen-bond acceptors (Lipinski definition) is 0. The van der Waals surface area contributed by atoms with Gasteiger partial charge < -0.3 is 0 Å². The number of fused-ring (bicyclic) bond motifs is 6. The van der Waals surface area contributed by atoms with Crippen LogP contribution in [0.1, 0.15) is 5.56 Å². The van der Waals surface area contributed by atoms with Crippen LogP contribution in [0.3, 0.4) is 0 Å². The molecule has 0 saturated carbocycles. The number of rotatable bonds is 0. The van der Waals surface area contributed by atoms with Crippen LogP contribution in [0.15, 0.2) is 91.0 Å². The van der Waals surface area contributed by atoms with E-state index in [1.165, 1.54) is 59.4 Å². The zero-order valence-corrected chi connectivity index (χ0v) is 15.2. The molecule has 0 heteroatoms. The Bertz CT molecular complexity index is 1520. The van der Waals surface area contributed by atoms with Gasteiger partial charge in [0.25, 0.3) is 0 Å². The third-order valence-corrected chi connectivity index (χ3v) is 5.87. The van der Waals surface area contributed by atoms with Crippen LogP contribution in [0.4, 0.5) is 0 Å². The normalized spacial score (nSPS) is 11.9. The van der Waals surface area contributed by atoms with Gasteiger partial charge in [-0.2, -0.15) is 0 Å². The van der Waals surface area contributed by atoms with E-state index in [2.05, 4.69) is 97.9 Å². The van der Waals surface area contributed by atoms with Crippen LogP contribution in [0.5, 0.6) is 0 Å². The van der Waals surface area contributed by atoms with Crippen LogP contribution in [-0.4, -0.2) is 0 Å². The van der Waals surface area contributed by atoms with Gasteiger partial charge in [0.15, 0.2) is 0 Å². The first kappa shape index (κ1) is 14.8. The van der Waals surface area contributed by atoms with Gasteiger partial charge in [-0.1, -0.05) is 54.6 Å². The van der Waals surface area contributed by atoms with E-state index in [0.717, 1.165) is 0 Å². The molecule has 0 aromatic heterocycles. The van der Waals surface area contributed by atoms with Crippen LogP contribution in [0, 0.1) is 6.92 Å². The van der Waals surface area contributed by atoms with Crippen LogP contribution in [0.25, 0.3) is 53.9 Å². The lowest BCUT2D eigenvalue weighted by Gasteiger charge is -2.10. The van der Waals surface area contributed by atoms with E-state index >= 15 is 0 Å². The summed E-state index contributed by atoms with van der Waals surface area (Å²) in [6, 6.07) is 33.7. The SMILES string of the molecule is Cc1cccc2cc3ccc4cc5cc6ccccc6cc5cc4c3cc12. The van der Waals surface area contributed by atoms with Gasteiger partial charge >= 0.3 is 0 Å². The molecule has 27 heavy (non-hydrogen) atoms. The van der Waals surface area contributed by atoms with Gasteiger partial charge in [0.05, 0.1) is 0 Å². The summed E-state index contributed by atoms with van der Waals surface area (Å²) in [6.45, 7) is 2.20. The van der Waals surface area contributed by atoms with Gasteiger partial charge in [-0.3, -0.25) is 0 Å². The van der Waals surface area contributed by atoms with E-state index in [-0.39, 0.29) is 0 Å². The van der Waals surface area contributed by atoms with Crippen molar-refractivity contribution in [1.82, 2.24) is 0 Å². The molecule has 0 unspecified atom stereocenters. The highest BCUT2D eigenvalue weighted by atomic mass is 14.1. The zero-order chi connectivity index (χ0) is 18.0. The fourth-order valence-electron chi connectivity index (χ4n) is 4.43. The molecule has 0 fully saturated rings. The van der Waals surface area contributed by atoms with Gasteiger partial charge in [-0.15, -0.1) is 0 Å². The van der Waals surface area contributed by atoms with Crippen molar-refractivity contribution in [1.29, 1.82) is 0 Å². The second-order valence-corrected chi connectivity index (χ2v) is 7.55. The first-order valence-corrected chi connectivity index (χ1v) is 9.45. The van der Waals surface area contributed by atoms with Crippen molar-refractivity contribution in [3.63, 3.8) is 0 Å². The summed E-state index contributed by atoms with van der Waals surface area (Å²) in [6.07, 6.45) is 0. The first-order chi connectivity index (χ1) is 13.3. The van der Waals surface area contributed by atoms with E-state index in [1.54, 1.807) is 0 Å². The van der Waals surface area contributed by atoms with Gasteiger partial charge in [0, 0.05) is 0 Å². The van der Waals surface area contributed by atoms with Crippen molar-refractivity contribution in [3.8, 4) is 0 Å². The third kappa shape index (κ3) is 2.17. The lowest BCUT2D eigenvalue weighted by atomic mass is 9.94. The highest BCUT2D eigenvalue weighted by Crippen LogP contribution is 2.34. The quantitative estimate of drug-likeness (QED) is 0.195. The Hall–Kier alpha value is -3.38. The molecule has 0 bridgehead atoms. The minimum atomic E-state index is 1.30. The molecule has 0 amide bonds. The molecule has 0 heterocycles. The van der Waals surface area contributed by atoms with Crippen molar-refractivity contribution < 1.29 is 0 Å². The monoisotopic (exact) mass is 342 g/mol. The molecule has 0 aliphatic heterocycles. The summed E-state index contributed by atoms with van der Waals surface area (Å²) in [5.74, 6) is 0. The Morgan fingerprint density at radius 3 is 1.63 bits per heavy atom. The lowest BCUT2D eigenvalue weighted by Crippen LogP contribution is -1.83. The third-order valence-electron chi connectivity index (χ3n) is 5.87. The molecule has 126 valence electrons. The average molecular weight is 342 g/mol. The Labute approximate surface area is 157 Å². The van der Waals surface area contributed by atoms with Gasteiger partial charge in [0.2, 0.25) is 0 Å². The highest BCUT2D eigenvalue weighted by Gasteiger charge is 2.07. The van der Waals surface area contributed by atoms with Gasteiger partial charge in [-0.25, -0.2) is 0 Å². The van der Waals surface area contributed by atoms with E-state index in [0.29, 0.717) is 0 Å². The minimum absolute atomic E-state index is 1.30. The second-order valence-electron chi connectivity index (χ2n) is 7.55. The molecule has 0 aliphatic rings. The van der Waals surface area contributed by atoms with Gasteiger partial charge in [0.1, 0.15) is 0 Å². The van der Waals surface area contributed by atoms with Crippen LogP contribution in [-0.2, 0) is 0 Å². The van der Waals surface area contributed by atoms with Gasteiger partial charge in [-0.05, 0) is 103 Å². The largest absolute Gasteiger partial charge is 0.0616 e. The fourth-order valence-corrected chi connectivity index (χ4v) is 4.43. The van der Waals surface area contributed by atoms with Crippen LogP contribution in [0.2, 0.25) is 0 Å². The summed E-state index contributed by atoms with van der Waals surface area (Å²) >= 11 is 0. The number of hydrogen-bond donors (Lipinski definition) is 0. The maximum atomic E-state index is 2.37. The van der Waals surface area contributed by atoms with E-state index in [4.69, 9.17) is 0 Å². The van der Waals surface area contributed by atoms with Crippen molar-refractivity contribution in [2.75, 3.05) is 0 Å². The minimum Gasteiger partial charge on any atom is -0.0616 e. The molecule has 0 radical (unpaired) electrons. The topological polar surface area (TPSA) is 0 Å². The molecular formula is C27H18. The summed E-state index contributed by atoms with van der Waals surface area (Å²) in [5.41, 5.74) is 1.33. The molecule has 0 spiro atoms. The Balaban J connectivity index is 1.78. The van der Waals surface area contributed by atoms with E-state index < -0.39 is 0 Å². The molecule has 0 nitrogen and oxygen atoms in total. The second kappa shape index (κ2) is 5.31. The summed E-state index contributed by atoms with van der Waals surface area (Å²) < 4.78 is 0. The Morgan fingerprint density at radius 1 is 0.370 bits per heavy atom. The number of aryl methyl sites for hydroxylation is 1. The smallest absolute Gasteiger partial charge is 0.00987 e. The molecule has 0 aliphatic carbocycles. The lowest BCUT2D eigenvalue weighted by molar-refractivity contribution is 1.54. The molecule has 6 rings (SSSR count). The predicted molar refractivity (Wildman–Crippen MR) is 119 cm³/mol. The standard InChI is InChI=1S/C27H18/c1-17-5-4-8-20-13-21-9-10-22-14-23-11-18-6-2-3-7-19(18)12-24(23)15-26(22)27(21)16-25(17)20/h2-16H,1H3. The fraction of sp³-hybridized carbons (Fsp3) is 0.0370. The molecule has 0 N–H and O–H groups in total. The van der Waals surface area contributed by atoms with Crippen LogP contribution >= 0.6 is 0 Å². The molecule has 0 saturated heterocycles. The molecule has 6 aromatic carbocycles. The van der Waals surface area contributed by atoms with Crippen molar-refractivity contribution in [2.24, 2.45) is 0 Å². The maximum absolute atomic E-state index is 2.37. The summed E-state index contributed by atoms with van der Waals surface area (Å²) in [4.78, 5) is 0. The maximum Gasteiger partial charge on any atom is -0.00987 e. The number of benzene rings is 6. The zero-order valence-electron chi connectivity index (χ0n) is 15.2. The molecule has 6 aromatic rings. The van der Waals surface area contributed by atoms with Crippen molar-refractivity contribution in [3.05, 3.63) is 96.6 Å². The highest BCUT2D eigenvalue weighted by molar-refractivity contribution is 6.16. The van der Waals surface area contributed by atoms with E-state index in [9.17, 15) is 0 Å². The summed E-state index contributed by atoms with van der Waals surface area (Å²) in [7, 11) is 0. The first-order valence-electron chi connectivity index (χ1n) is 9.45. The Kier molecular flexibility index (Phi) is 2.90. The summed E-state index contributed by atoms with van der Waals surface area (Å²) in [5, 5.41) is 13.1. The average Bonchev–Trinajstić information content (AvgIpc) is 2.70. The van der Waals surface area contributed by atoms with Crippen molar-refractivity contribution in [2.45, 2.75) is 6.92 Å². The molecule has 0 atom stereocenters. The van der Waals surface area contributed by atoms with Crippen LogP contribution < -0.4 is 0 Å².